The van der Waals surface area contributed by atoms with Crippen LogP contribution in [0.3, 0.4) is 0 Å². The van der Waals surface area contributed by atoms with Gasteiger partial charge in [0.05, 0.1) is 61.5 Å². The number of fused-ring (bicyclic) bond motifs is 8. The van der Waals surface area contributed by atoms with Gasteiger partial charge < -0.3 is 53.5 Å². The van der Waals surface area contributed by atoms with Crippen molar-refractivity contribution in [2.45, 2.75) is 200 Å². The standard InChI is InChI=1S/C23H29ClN2O3.C19H23ClN2O3.C18H21ClN2O3.C18H21ClN2O.C2HF3O/c1-23(2,3)29-22(27)26-12-10-15-14-17-20(28-16-6-4-5-7-16)9-8-18(24)21(17)25-19(15)11-13-26;1-19(2,3)25-18(23)22-9-7-12-11-13-16(24-4)6-5-14(20)17(13)21-15(12)8-10-22;1-18(2,3)24-17(23)21-8-6-11-10-12-15(22)5-4-13(19)16(12)20-14(11)7-9-21;19-15-5-6-17(22-13-3-1-2-4-13)14-11-12-7-9-20-10-8-16(12)21-18(14)15;3-2(4,5)1-6/h8-9,14,16H,4-7,10-13H2,1-3H3;5-6,11H,7-10H2,1-4H3;4-5,10,22H,6-9H2,1-3H3;5-6,11,13,20H,1-4,7-10H2;1H. The van der Waals surface area contributed by atoms with Crippen LogP contribution < -0.4 is 19.5 Å². The summed E-state index contributed by atoms with van der Waals surface area (Å²) in [6, 6.07) is 23.0. The minimum atomic E-state index is -4.64. The van der Waals surface area contributed by atoms with Crippen LogP contribution in [0.15, 0.2) is 72.8 Å². The minimum Gasteiger partial charge on any atom is -0.507 e. The summed E-state index contributed by atoms with van der Waals surface area (Å²) >= 11 is 25.4. The summed E-state index contributed by atoms with van der Waals surface area (Å²) < 4.78 is 65.7. The number of aldehydes is 1. The number of carbonyl (C=O) groups is 4. The molecule has 2 saturated carbocycles. The first-order valence-electron chi connectivity index (χ1n) is 36.4. The number of halogens is 7. The molecule has 6 aliphatic rings. The lowest BCUT2D eigenvalue weighted by atomic mass is 10.0. The molecule has 8 aromatic rings. The molecule has 3 amide bonds. The average molecular weight is 1540 g/mol. The van der Waals surface area contributed by atoms with Gasteiger partial charge in [-0.25, -0.2) is 14.4 Å². The van der Waals surface area contributed by atoms with E-state index in [0.717, 1.165) is 148 Å². The molecule has 14 rings (SSSR count). The SMILES string of the molecule is CC(C)(C)OC(=O)N1CCc2cc3c(O)ccc(Cl)c3nc2CC1.CC(C)(C)OC(=O)N1CCc2cc3c(OC4CCCC4)ccc(Cl)c3nc2CC1.COc1ccc(Cl)c2nc3c(cc12)CCN(C(=O)OC(C)(C)C)CC3.Clc1ccc(OC2CCCC2)c2cc3c(nc12)CCNCC3.O=CC(F)(F)F. The number of aromatic nitrogens is 4. The van der Waals surface area contributed by atoms with Gasteiger partial charge in [-0.3, -0.25) is 24.7 Å². The third-order valence-corrected chi connectivity index (χ3v) is 19.9. The van der Waals surface area contributed by atoms with Gasteiger partial charge in [0.1, 0.15) is 39.8 Å². The molecule has 8 heterocycles. The van der Waals surface area contributed by atoms with Crippen molar-refractivity contribution in [2.75, 3.05) is 59.5 Å². The number of benzene rings is 4. The third kappa shape index (κ3) is 21.7. The number of pyridine rings is 4. The largest absolute Gasteiger partial charge is 0.507 e. The molecule has 2 aliphatic carbocycles. The summed E-state index contributed by atoms with van der Waals surface area (Å²) in [4.78, 5) is 70.2. The van der Waals surface area contributed by atoms with E-state index in [4.69, 9.17) is 94.6 Å². The topological polar surface area (TPSA) is 217 Å². The molecule has 4 aromatic carbocycles. The van der Waals surface area contributed by atoms with E-state index in [0.29, 0.717) is 102 Å². The van der Waals surface area contributed by atoms with Crippen molar-refractivity contribution in [2.24, 2.45) is 0 Å². The van der Waals surface area contributed by atoms with Gasteiger partial charge in [0.25, 0.3) is 0 Å². The number of amides is 3. The molecule has 570 valence electrons. The maximum absolute atomic E-state index is 12.5. The van der Waals surface area contributed by atoms with Crippen LogP contribution in [-0.2, 0) is 70.4 Å². The number of hydrogen-bond acceptors (Lipinski definition) is 16. The van der Waals surface area contributed by atoms with Crippen LogP contribution in [-0.4, -0.2) is 159 Å². The Balaban J connectivity index is 0.000000148. The van der Waals surface area contributed by atoms with E-state index in [9.17, 15) is 32.7 Å². The monoisotopic (exact) mass is 1540 g/mol. The van der Waals surface area contributed by atoms with Crippen molar-refractivity contribution >= 4 is 115 Å². The highest BCUT2D eigenvalue weighted by atomic mass is 35.5. The van der Waals surface area contributed by atoms with Gasteiger partial charge in [-0.2, -0.15) is 13.2 Å². The molecular formula is C80H95Cl4F3N8O11. The fraction of sp³-hybridized carbons (Fsp3) is 0.500. The minimum absolute atomic E-state index is 0.165. The Hall–Kier alpha value is -7.89. The van der Waals surface area contributed by atoms with Gasteiger partial charge in [-0.15, -0.1) is 0 Å². The number of hydrogen-bond donors (Lipinski definition) is 2. The van der Waals surface area contributed by atoms with Gasteiger partial charge >= 0.3 is 24.5 Å². The van der Waals surface area contributed by atoms with Crippen LogP contribution in [0.4, 0.5) is 27.6 Å². The molecule has 2 N–H and O–H groups in total. The van der Waals surface area contributed by atoms with Crippen molar-refractivity contribution < 1.29 is 65.9 Å². The van der Waals surface area contributed by atoms with Crippen LogP contribution in [0.1, 0.15) is 159 Å². The maximum atomic E-state index is 12.5. The highest BCUT2D eigenvalue weighted by Gasteiger charge is 2.31. The molecule has 4 aliphatic heterocycles. The molecule has 106 heavy (non-hydrogen) atoms. The summed E-state index contributed by atoms with van der Waals surface area (Å²) in [7, 11) is 1.64. The summed E-state index contributed by atoms with van der Waals surface area (Å²) in [6.45, 7) is 22.4. The number of nitrogens with one attached hydrogen (secondary N) is 1. The van der Waals surface area contributed by atoms with Gasteiger partial charge in [0.2, 0.25) is 6.29 Å². The fourth-order valence-electron chi connectivity index (χ4n) is 13.5. The van der Waals surface area contributed by atoms with E-state index < -0.39 is 29.3 Å². The molecular weight excluding hydrogens is 1450 g/mol. The summed E-state index contributed by atoms with van der Waals surface area (Å²) in [5, 5.41) is 19.5. The van der Waals surface area contributed by atoms with Gasteiger partial charge in [-0.05, 0) is 241 Å². The quantitative estimate of drug-likeness (QED) is 0.121. The van der Waals surface area contributed by atoms with Crippen LogP contribution in [0.2, 0.25) is 20.1 Å². The zero-order chi connectivity index (χ0) is 76.4. The molecule has 0 unspecified atom stereocenters. The second-order valence-corrected chi connectivity index (χ2v) is 31.9. The normalized spacial score (nSPS) is 16.4. The zero-order valence-corrected chi connectivity index (χ0v) is 65.0. The number of phenolic OH excluding ortho intramolecular Hbond substituents is 1. The smallest absolute Gasteiger partial charge is 0.446 e. The number of aromatic hydroxyl groups is 1. The highest BCUT2D eigenvalue weighted by molar-refractivity contribution is 6.36. The average Bonchev–Trinajstić information content (AvgIpc) is 1.22. The number of ether oxygens (including phenoxy) is 6. The van der Waals surface area contributed by atoms with E-state index in [1.165, 1.54) is 36.9 Å². The van der Waals surface area contributed by atoms with Crippen molar-refractivity contribution in [3.63, 3.8) is 0 Å². The first kappa shape index (κ1) is 80.6. The predicted octanol–water partition coefficient (Wildman–Crippen LogP) is 18.4. The van der Waals surface area contributed by atoms with E-state index in [-0.39, 0.29) is 30.1 Å². The number of alkyl halides is 3. The van der Waals surface area contributed by atoms with Crippen LogP contribution in [0.25, 0.3) is 43.6 Å². The van der Waals surface area contributed by atoms with Gasteiger partial charge in [0.15, 0.2) is 0 Å². The van der Waals surface area contributed by atoms with Crippen LogP contribution in [0, 0.1) is 0 Å². The number of phenols is 1. The molecule has 0 bridgehead atoms. The molecule has 2 fully saturated rings. The second kappa shape index (κ2) is 35.0. The first-order valence-corrected chi connectivity index (χ1v) is 37.9. The van der Waals surface area contributed by atoms with Crippen molar-refractivity contribution in [1.82, 2.24) is 40.0 Å². The lowest BCUT2D eigenvalue weighted by Gasteiger charge is -2.26. The summed E-state index contributed by atoms with van der Waals surface area (Å²) in [5.41, 5.74) is 10.2. The Morgan fingerprint density at radius 2 is 0.745 bits per heavy atom. The predicted molar refractivity (Wildman–Crippen MR) is 409 cm³/mol. The zero-order valence-electron chi connectivity index (χ0n) is 61.9. The lowest BCUT2D eigenvalue weighted by Crippen LogP contribution is -2.38. The Labute approximate surface area is 637 Å². The first-order chi connectivity index (χ1) is 50.2. The molecule has 0 atom stereocenters. The summed E-state index contributed by atoms with van der Waals surface area (Å²) in [5.74, 6) is 2.72. The third-order valence-electron chi connectivity index (χ3n) is 18.7. The molecule has 4 aromatic heterocycles. The maximum Gasteiger partial charge on any atom is 0.446 e. The van der Waals surface area contributed by atoms with Crippen LogP contribution in [0.5, 0.6) is 23.0 Å². The van der Waals surface area contributed by atoms with Crippen LogP contribution >= 0.6 is 46.4 Å². The molecule has 0 spiro atoms. The lowest BCUT2D eigenvalue weighted by molar-refractivity contribution is -0.156. The van der Waals surface area contributed by atoms with E-state index >= 15 is 0 Å². The number of rotatable bonds is 5. The number of carbonyl (C=O) groups excluding carboxylic acids is 4. The Morgan fingerprint density at radius 3 is 1.09 bits per heavy atom. The fourth-order valence-corrected chi connectivity index (χ4v) is 14.4. The highest BCUT2D eigenvalue weighted by Crippen LogP contribution is 2.39. The van der Waals surface area contributed by atoms with E-state index in [2.05, 4.69) is 28.5 Å². The second-order valence-electron chi connectivity index (χ2n) is 30.2. The number of methoxy groups -OCH3 is 1. The van der Waals surface area contributed by atoms with Gasteiger partial charge in [0, 0.05) is 116 Å². The number of nitrogens with zero attached hydrogens (tertiary/aromatic N) is 7. The van der Waals surface area contributed by atoms with Crippen molar-refractivity contribution in [3.05, 3.63) is 138 Å². The van der Waals surface area contributed by atoms with Crippen molar-refractivity contribution in [3.8, 4) is 23.0 Å². The summed E-state index contributed by atoms with van der Waals surface area (Å²) in [6.07, 6.45) is 9.74. The Kier molecular flexibility index (Phi) is 26.6. The molecule has 19 nitrogen and oxygen atoms in total. The van der Waals surface area contributed by atoms with Crippen molar-refractivity contribution in [1.29, 1.82) is 0 Å². The van der Waals surface area contributed by atoms with Gasteiger partial charge in [-0.1, -0.05) is 46.4 Å². The Morgan fingerprint density at radius 1 is 0.453 bits per heavy atom. The van der Waals surface area contributed by atoms with E-state index in [1.54, 1.807) is 40.0 Å². The van der Waals surface area contributed by atoms with E-state index in [1.807, 2.05) is 98.7 Å². The Bertz CT molecular complexity index is 4450. The molecule has 0 radical (unpaired) electrons. The molecule has 0 saturated heterocycles. The molecule has 26 heteroatoms.